The zero-order chi connectivity index (χ0) is 66.3. The first-order valence-corrected chi connectivity index (χ1v) is 27.2. The van der Waals surface area contributed by atoms with E-state index in [9.17, 15) is 2.74 Å². The fourth-order valence-corrected chi connectivity index (χ4v) is 12.1. The van der Waals surface area contributed by atoms with E-state index in [-0.39, 0.29) is 45.3 Å². The van der Waals surface area contributed by atoms with E-state index in [0.717, 1.165) is 38.4 Å². The number of aromatic nitrogens is 4. The number of hydrogen-bond acceptors (Lipinski definition) is 3. The average molecular weight is 1220 g/mol. The second-order valence-electron chi connectivity index (χ2n) is 22.1. The van der Waals surface area contributed by atoms with E-state index >= 15 is 0 Å². The van der Waals surface area contributed by atoms with Crippen molar-refractivity contribution in [2.75, 3.05) is 4.81 Å². The van der Waals surface area contributed by atoms with Gasteiger partial charge in [0, 0.05) is 5.52 Å². The molecule has 3 aromatic heterocycles. The first-order chi connectivity index (χ1) is 43.8. The number of aryl methyl sites for hydroxylation is 3. The summed E-state index contributed by atoms with van der Waals surface area (Å²) in [5.74, 6) is 0.157. The molecule has 13 rings (SSSR count). The van der Waals surface area contributed by atoms with Crippen molar-refractivity contribution in [2.24, 2.45) is 0 Å². The second-order valence-corrected chi connectivity index (χ2v) is 23.1. The molecule has 0 radical (unpaired) electrons. The number of anilines is 2. The van der Waals surface area contributed by atoms with Gasteiger partial charge in [0.1, 0.15) is 0 Å². The second kappa shape index (κ2) is 19.3. The number of nitrogens with zero attached hydrogens (tertiary/aromatic N) is 5. The first-order valence-electron chi connectivity index (χ1n) is 33.1. The van der Waals surface area contributed by atoms with Gasteiger partial charge in [-0.1, -0.05) is 48.5 Å². The number of pyridine rings is 1. The molecule has 1 aliphatic heterocycles. The monoisotopic (exact) mass is 1220 g/mol. The van der Waals surface area contributed by atoms with E-state index in [1.165, 1.54) is 18.2 Å². The van der Waals surface area contributed by atoms with Crippen LogP contribution in [0.5, 0.6) is 11.6 Å². The average Bonchev–Trinajstić information content (AvgIpc) is 1.57. The molecule has 0 bridgehead atoms. The van der Waals surface area contributed by atoms with Crippen LogP contribution in [0.1, 0.15) is 88.6 Å². The van der Waals surface area contributed by atoms with E-state index in [4.69, 9.17) is 26.2 Å². The number of para-hydroxylation sites is 3. The van der Waals surface area contributed by atoms with E-state index < -0.39 is 68.6 Å². The molecule has 0 saturated heterocycles. The molecule has 6 nitrogen and oxygen atoms in total. The number of benzene rings is 9. The van der Waals surface area contributed by atoms with Crippen molar-refractivity contribution in [1.82, 2.24) is 18.6 Å². The molecule has 12 aromatic rings. The van der Waals surface area contributed by atoms with Crippen molar-refractivity contribution in [1.29, 1.82) is 0 Å². The Labute approximate surface area is 494 Å². The van der Waals surface area contributed by atoms with Gasteiger partial charge in [-0.05, 0) is 11.5 Å². The zero-order valence-corrected chi connectivity index (χ0v) is 46.5. The normalized spacial score (nSPS) is 15.7. The summed E-state index contributed by atoms with van der Waals surface area (Å²) in [6.07, 6.45) is 0. The molecule has 0 N–H and O–H groups in total. The van der Waals surface area contributed by atoms with Crippen LogP contribution >= 0.6 is 0 Å². The zero-order valence-electron chi connectivity index (χ0n) is 58.2. The Kier molecular flexibility index (Phi) is 8.98. The van der Waals surface area contributed by atoms with Gasteiger partial charge in [0.25, 0.3) is 0 Å². The molecule has 79 heavy (non-hydrogen) atoms. The standard InChI is InChI=1S/C71H60BN5O.Pt/c1-46-35-60(49-24-12-10-13-25-49)68(61(36-46)50-39-52(70(4,5)6)43-53(40-50)71(7,8)9)75-45-74(63-32-20-21-33-64(63)75)55-41-51(57-28-17-16-23-48(57)3)42-56(44-55)78-67-38-47(2)37-66(73-67)76-65-34-22-30-59-58-29-18-19-31-62(58)77(69(59)65)72(76)54-26-14-11-15-27-54;/h10-33,35-43H,1-9H3;/q-2;/i1D3,2D3,3D3,10D,12D,13D,24D,25D;. The van der Waals surface area contributed by atoms with Crippen molar-refractivity contribution in [3.8, 4) is 56.4 Å². The molecule has 0 saturated carbocycles. The molecular formula is C71H60BN5OPt-2. The number of fused-ring (bicyclic) bond motifs is 4. The minimum absolute atomic E-state index is 0.0209. The van der Waals surface area contributed by atoms with Crippen LogP contribution in [0.3, 0.4) is 0 Å². The molecule has 0 spiro atoms. The van der Waals surface area contributed by atoms with Gasteiger partial charge in [0.05, 0.1) is 0 Å². The summed E-state index contributed by atoms with van der Waals surface area (Å²) in [6, 6.07) is 55.4. The Morgan fingerprint density at radius 3 is 1.96 bits per heavy atom. The fraction of sp³-hybridized carbons (Fsp3) is 0.155. The molecule has 0 atom stereocenters. The summed E-state index contributed by atoms with van der Waals surface area (Å²) in [6.45, 7) is 3.97. The Bertz CT molecular complexity index is 5050. The van der Waals surface area contributed by atoms with E-state index in [1.807, 2.05) is 105 Å². The van der Waals surface area contributed by atoms with Gasteiger partial charge in [-0.3, -0.25) is 0 Å². The predicted molar refractivity (Wildman–Crippen MR) is 325 cm³/mol. The number of hydrogen-bond donors (Lipinski definition) is 0. The van der Waals surface area contributed by atoms with Crippen LogP contribution in [0.15, 0.2) is 200 Å². The number of ether oxygens (including phenoxy) is 1. The van der Waals surface area contributed by atoms with Gasteiger partial charge in [-0.25, -0.2) is 0 Å². The molecule has 390 valence electrons. The molecule has 0 unspecified atom stereocenters. The maximum absolute atomic E-state index is 9.51. The minimum atomic E-state index is -2.75. The third kappa shape index (κ3) is 8.80. The summed E-state index contributed by atoms with van der Waals surface area (Å²) < 4.78 is 139. The SMILES string of the molecule is [2H]c1c([2H])c([2H])c(-c2cc(C([2H])([2H])[2H])cc(-c3cc(C(C)(C)C)cc(C(C)(C)C)c3)c2-n2[c](=[Pt])n(-c3[c-]c(Oc4cc(C([2H])([2H])[2H])cc(N5B(c6ccccc6)n6c7ccccc7c7cc[c-]c5c76)n4)cc(-c4ccccc4C([2H])([2H])[2H])c3)c3ccccc32)c([2H])c1[2H]. The first kappa shape index (κ1) is 36.8. The molecule has 4 heterocycles. The van der Waals surface area contributed by atoms with Crippen molar-refractivity contribution >= 4 is 56.8 Å². The number of imidazole rings is 1. The van der Waals surface area contributed by atoms with Crippen LogP contribution in [0.4, 0.5) is 11.5 Å². The van der Waals surface area contributed by atoms with Crippen LogP contribution in [-0.2, 0) is 30.2 Å². The Morgan fingerprint density at radius 2 is 1.24 bits per heavy atom. The summed E-state index contributed by atoms with van der Waals surface area (Å²) in [7, 11) is 0. The van der Waals surface area contributed by atoms with Crippen molar-refractivity contribution < 1.29 is 43.3 Å². The molecule has 0 amide bonds. The summed E-state index contributed by atoms with van der Waals surface area (Å²) in [4.78, 5) is 7.14. The van der Waals surface area contributed by atoms with Gasteiger partial charge in [-0.2, -0.15) is 12.1 Å². The predicted octanol–water partition coefficient (Wildman–Crippen LogP) is 17.3. The third-order valence-corrected chi connectivity index (χ3v) is 15.8. The Morgan fingerprint density at radius 1 is 0.595 bits per heavy atom. The summed E-state index contributed by atoms with van der Waals surface area (Å²) >= 11 is 2.16. The van der Waals surface area contributed by atoms with Gasteiger partial charge >= 0.3 is 414 Å². The van der Waals surface area contributed by atoms with E-state index in [0.29, 0.717) is 54.2 Å². The quantitative estimate of drug-likeness (QED) is 0.107. The molecular weight excluding hydrogens is 1140 g/mol. The molecule has 0 fully saturated rings. The maximum atomic E-state index is 9.51. The van der Waals surface area contributed by atoms with Crippen LogP contribution in [0.2, 0.25) is 0 Å². The Balaban J connectivity index is 1.09. The number of rotatable bonds is 9. The van der Waals surface area contributed by atoms with Crippen molar-refractivity contribution in [3.05, 3.63) is 244 Å². The molecule has 0 aliphatic carbocycles. The molecule has 9 aromatic carbocycles. The van der Waals surface area contributed by atoms with Gasteiger partial charge < -0.3 is 0 Å². The van der Waals surface area contributed by atoms with Gasteiger partial charge in [0.2, 0.25) is 0 Å². The van der Waals surface area contributed by atoms with Crippen LogP contribution < -0.4 is 15.0 Å². The fourth-order valence-electron chi connectivity index (χ4n) is 11.1. The third-order valence-electron chi connectivity index (χ3n) is 14.8. The topological polar surface area (TPSA) is 40.1 Å². The van der Waals surface area contributed by atoms with Gasteiger partial charge in [0.15, 0.2) is 0 Å². The van der Waals surface area contributed by atoms with E-state index in [1.54, 1.807) is 42.5 Å². The van der Waals surface area contributed by atoms with Gasteiger partial charge in [-0.15, -0.1) is 5.39 Å². The van der Waals surface area contributed by atoms with Crippen LogP contribution in [0, 0.1) is 36.5 Å². The van der Waals surface area contributed by atoms with Crippen LogP contribution in [0.25, 0.3) is 77.6 Å². The summed E-state index contributed by atoms with van der Waals surface area (Å²) in [5.41, 5.74) is 7.54. The van der Waals surface area contributed by atoms with Crippen molar-refractivity contribution in [3.63, 3.8) is 0 Å². The molecule has 1 aliphatic rings. The Hall–Kier alpha value is -8.25. The summed E-state index contributed by atoms with van der Waals surface area (Å²) in [5, 5.41) is 2.02. The van der Waals surface area contributed by atoms with Crippen LogP contribution in [-0.4, -0.2) is 25.6 Å². The van der Waals surface area contributed by atoms with Crippen molar-refractivity contribution in [2.45, 2.75) is 72.9 Å². The van der Waals surface area contributed by atoms with E-state index in [2.05, 4.69) is 95.7 Å². The molecule has 8 heteroatoms.